The van der Waals surface area contributed by atoms with Gasteiger partial charge in [0.1, 0.15) is 0 Å². The minimum absolute atomic E-state index is 0.0406. The smallest absolute Gasteiger partial charge is 0.0644 e. The molecule has 2 rings (SSSR count). The van der Waals surface area contributed by atoms with Crippen LogP contribution in [0.5, 0.6) is 0 Å². The summed E-state index contributed by atoms with van der Waals surface area (Å²) in [4.78, 5) is 2.17. The summed E-state index contributed by atoms with van der Waals surface area (Å²) >= 11 is 12.1. The molecule has 1 saturated heterocycles. The van der Waals surface area contributed by atoms with Crippen LogP contribution in [0.3, 0.4) is 0 Å². The summed E-state index contributed by atoms with van der Waals surface area (Å²) in [6.45, 7) is 2.84. The molecule has 1 N–H and O–H groups in total. The predicted octanol–water partition coefficient (Wildman–Crippen LogP) is 2.19. The first-order chi connectivity index (χ1) is 8.22. The van der Waals surface area contributed by atoms with E-state index in [2.05, 4.69) is 4.90 Å². The number of morpholine rings is 1. The Morgan fingerprint density at radius 3 is 3.00 bits per heavy atom. The van der Waals surface area contributed by atoms with Gasteiger partial charge in [0, 0.05) is 13.1 Å². The number of nitrogens with zero attached hydrogens (tertiary/aromatic N) is 1. The van der Waals surface area contributed by atoms with Crippen molar-refractivity contribution in [1.29, 1.82) is 0 Å². The molecule has 0 bridgehead atoms. The van der Waals surface area contributed by atoms with Gasteiger partial charge in [0.05, 0.1) is 35.9 Å². The molecular weight excluding hydrogens is 261 g/mol. The van der Waals surface area contributed by atoms with Gasteiger partial charge >= 0.3 is 0 Å². The van der Waals surface area contributed by atoms with E-state index in [9.17, 15) is 5.11 Å². The molecular formula is C12H15Cl2NO2. The van der Waals surface area contributed by atoms with Crippen LogP contribution in [0.25, 0.3) is 0 Å². The first kappa shape index (κ1) is 13.1. The van der Waals surface area contributed by atoms with Gasteiger partial charge in [-0.3, -0.25) is 4.90 Å². The van der Waals surface area contributed by atoms with Gasteiger partial charge in [-0.2, -0.15) is 0 Å². The lowest BCUT2D eigenvalue weighted by Crippen LogP contribution is -2.46. The van der Waals surface area contributed by atoms with Crippen molar-refractivity contribution in [1.82, 2.24) is 4.90 Å². The number of halogens is 2. The minimum Gasteiger partial charge on any atom is -0.395 e. The highest BCUT2D eigenvalue weighted by molar-refractivity contribution is 6.42. The SMILES string of the molecule is OCC1COCCN1Cc1cccc(Cl)c1Cl. The summed E-state index contributed by atoms with van der Waals surface area (Å²) in [7, 11) is 0. The fraction of sp³-hybridized carbons (Fsp3) is 0.500. The van der Waals surface area contributed by atoms with E-state index in [4.69, 9.17) is 27.9 Å². The second kappa shape index (κ2) is 6.03. The topological polar surface area (TPSA) is 32.7 Å². The molecule has 1 fully saturated rings. The molecule has 0 aliphatic carbocycles. The van der Waals surface area contributed by atoms with E-state index >= 15 is 0 Å². The van der Waals surface area contributed by atoms with Crippen LogP contribution >= 0.6 is 23.2 Å². The van der Waals surface area contributed by atoms with Crippen molar-refractivity contribution in [3.8, 4) is 0 Å². The summed E-state index contributed by atoms with van der Waals surface area (Å²) in [5, 5.41) is 10.4. The van der Waals surface area contributed by atoms with Crippen molar-refractivity contribution < 1.29 is 9.84 Å². The van der Waals surface area contributed by atoms with Gasteiger partial charge in [0.15, 0.2) is 0 Å². The third kappa shape index (κ3) is 3.12. The first-order valence-corrected chi connectivity index (χ1v) is 6.33. The molecule has 1 aromatic rings. The van der Waals surface area contributed by atoms with Crippen LogP contribution in [0.1, 0.15) is 5.56 Å². The van der Waals surface area contributed by atoms with E-state index in [0.717, 1.165) is 12.1 Å². The molecule has 0 spiro atoms. The molecule has 0 saturated carbocycles. The maximum Gasteiger partial charge on any atom is 0.0644 e. The Bertz CT molecular complexity index is 387. The zero-order chi connectivity index (χ0) is 12.3. The van der Waals surface area contributed by atoms with Crippen LogP contribution < -0.4 is 0 Å². The lowest BCUT2D eigenvalue weighted by atomic mass is 10.1. The number of hydrogen-bond donors (Lipinski definition) is 1. The Labute approximate surface area is 111 Å². The highest BCUT2D eigenvalue weighted by Crippen LogP contribution is 2.27. The zero-order valence-electron chi connectivity index (χ0n) is 9.40. The highest BCUT2D eigenvalue weighted by Gasteiger charge is 2.23. The van der Waals surface area contributed by atoms with Gasteiger partial charge in [0.25, 0.3) is 0 Å². The van der Waals surface area contributed by atoms with E-state index in [1.807, 2.05) is 12.1 Å². The summed E-state index contributed by atoms with van der Waals surface area (Å²) in [6, 6.07) is 5.66. The van der Waals surface area contributed by atoms with E-state index in [1.165, 1.54) is 0 Å². The van der Waals surface area contributed by atoms with Crippen molar-refractivity contribution in [3.05, 3.63) is 33.8 Å². The molecule has 1 heterocycles. The average Bonchev–Trinajstić information content (AvgIpc) is 2.35. The van der Waals surface area contributed by atoms with Gasteiger partial charge in [0.2, 0.25) is 0 Å². The van der Waals surface area contributed by atoms with Gasteiger partial charge in [-0.25, -0.2) is 0 Å². The number of aliphatic hydroxyl groups is 1. The molecule has 1 atom stereocenters. The third-order valence-corrected chi connectivity index (χ3v) is 3.82. The Morgan fingerprint density at radius 1 is 1.41 bits per heavy atom. The van der Waals surface area contributed by atoms with Crippen LogP contribution in [-0.2, 0) is 11.3 Å². The van der Waals surface area contributed by atoms with Gasteiger partial charge < -0.3 is 9.84 Å². The molecule has 17 heavy (non-hydrogen) atoms. The van der Waals surface area contributed by atoms with Gasteiger partial charge in [-0.15, -0.1) is 0 Å². The lowest BCUT2D eigenvalue weighted by Gasteiger charge is -2.34. The van der Waals surface area contributed by atoms with E-state index in [-0.39, 0.29) is 12.6 Å². The van der Waals surface area contributed by atoms with Crippen molar-refractivity contribution >= 4 is 23.2 Å². The first-order valence-electron chi connectivity index (χ1n) is 5.58. The van der Waals surface area contributed by atoms with E-state index in [0.29, 0.717) is 29.8 Å². The van der Waals surface area contributed by atoms with Crippen molar-refractivity contribution in [2.45, 2.75) is 12.6 Å². The third-order valence-electron chi connectivity index (χ3n) is 2.97. The number of benzene rings is 1. The quantitative estimate of drug-likeness (QED) is 0.918. The van der Waals surface area contributed by atoms with Gasteiger partial charge in [-0.1, -0.05) is 35.3 Å². The number of rotatable bonds is 3. The molecule has 3 nitrogen and oxygen atoms in total. The second-order valence-corrected chi connectivity index (χ2v) is 4.88. The predicted molar refractivity (Wildman–Crippen MR) is 68.6 cm³/mol. The number of ether oxygens (including phenoxy) is 1. The molecule has 1 aliphatic heterocycles. The fourth-order valence-corrected chi connectivity index (χ4v) is 2.33. The summed E-state index contributed by atoms with van der Waals surface area (Å²) in [5.74, 6) is 0. The molecule has 0 aromatic heterocycles. The van der Waals surface area contributed by atoms with Crippen LogP contribution in [0.15, 0.2) is 18.2 Å². The molecule has 94 valence electrons. The molecule has 5 heteroatoms. The maximum atomic E-state index is 9.28. The molecule has 1 aliphatic rings. The monoisotopic (exact) mass is 275 g/mol. The Kier molecular flexibility index (Phi) is 4.65. The van der Waals surface area contributed by atoms with E-state index in [1.54, 1.807) is 6.07 Å². The van der Waals surface area contributed by atoms with Crippen LogP contribution in [0, 0.1) is 0 Å². The van der Waals surface area contributed by atoms with Crippen LogP contribution in [0.4, 0.5) is 0 Å². The van der Waals surface area contributed by atoms with Crippen molar-refractivity contribution in [2.75, 3.05) is 26.4 Å². The summed E-state index contributed by atoms with van der Waals surface area (Å²) in [6.07, 6.45) is 0. The maximum absolute atomic E-state index is 9.28. The standard InChI is InChI=1S/C12H15Cl2NO2/c13-11-3-1-2-9(12(11)14)6-15-4-5-17-8-10(15)7-16/h1-3,10,16H,4-8H2. The fourth-order valence-electron chi connectivity index (χ4n) is 1.95. The summed E-state index contributed by atoms with van der Waals surface area (Å²) < 4.78 is 5.33. The van der Waals surface area contributed by atoms with E-state index < -0.39 is 0 Å². The molecule has 1 unspecified atom stereocenters. The Balaban J connectivity index is 2.11. The molecule has 0 amide bonds. The number of aliphatic hydroxyl groups excluding tert-OH is 1. The Hall–Kier alpha value is -0.320. The van der Waals surface area contributed by atoms with Gasteiger partial charge in [-0.05, 0) is 11.6 Å². The van der Waals surface area contributed by atoms with Crippen molar-refractivity contribution in [2.24, 2.45) is 0 Å². The Morgan fingerprint density at radius 2 is 2.24 bits per heavy atom. The minimum atomic E-state index is 0.0406. The van der Waals surface area contributed by atoms with Crippen molar-refractivity contribution in [3.63, 3.8) is 0 Å². The zero-order valence-corrected chi connectivity index (χ0v) is 10.9. The average molecular weight is 276 g/mol. The lowest BCUT2D eigenvalue weighted by molar-refractivity contribution is -0.0312. The molecule has 1 aromatic carbocycles. The highest BCUT2D eigenvalue weighted by atomic mass is 35.5. The summed E-state index contributed by atoms with van der Waals surface area (Å²) in [5.41, 5.74) is 0.986. The van der Waals surface area contributed by atoms with Crippen LogP contribution in [0.2, 0.25) is 10.0 Å². The molecule has 0 radical (unpaired) electrons. The normalized spacial score (nSPS) is 21.7. The van der Waals surface area contributed by atoms with Crippen LogP contribution in [-0.4, -0.2) is 42.4 Å². The largest absolute Gasteiger partial charge is 0.395 e. The number of hydrogen-bond acceptors (Lipinski definition) is 3. The second-order valence-electron chi connectivity index (χ2n) is 4.09.